The average Bonchev–Trinajstić information content (AvgIpc) is 3.27. The van der Waals surface area contributed by atoms with Gasteiger partial charge in [-0.2, -0.15) is 4.98 Å². The molecule has 0 saturated carbocycles. The number of nitrogens with two attached hydrogens (primary N) is 1. The molecule has 0 radical (unpaired) electrons. The van der Waals surface area contributed by atoms with E-state index in [1.807, 2.05) is 0 Å². The van der Waals surface area contributed by atoms with Gasteiger partial charge in [-0.15, -0.1) is 11.3 Å². The van der Waals surface area contributed by atoms with Crippen molar-refractivity contribution < 1.29 is 28.3 Å². The molecule has 0 amide bonds. The zero-order valence-corrected chi connectivity index (χ0v) is 17.8. The fraction of sp³-hybridized carbons (Fsp3) is 0.316. The topological polar surface area (TPSA) is 135 Å². The van der Waals surface area contributed by atoms with E-state index in [4.69, 9.17) is 31.2 Å². The standard InChI is InChI=1S/C19H18ClN3O6S/c1-3-27-19(26)15-9(2)29-18-16(15)17(21)22-13(23-18)8-28-14(25)7-4-10(24)11-5-6-12(20)30-11/h5-6H,3-4,7-8H2,1-2H3,(H2,21,22,23). The van der Waals surface area contributed by atoms with Gasteiger partial charge in [-0.25, -0.2) is 9.78 Å². The Bertz CT molecular complexity index is 1120. The number of Topliss-reactive ketones (excluding diaryl/α,β-unsaturated/α-hetero) is 1. The third-order valence-electron chi connectivity index (χ3n) is 4.05. The predicted molar refractivity (Wildman–Crippen MR) is 110 cm³/mol. The lowest BCUT2D eigenvalue weighted by Gasteiger charge is -2.05. The van der Waals surface area contributed by atoms with E-state index >= 15 is 0 Å². The van der Waals surface area contributed by atoms with Crippen molar-refractivity contribution in [3.05, 3.63) is 38.5 Å². The second-order valence-electron chi connectivity index (χ2n) is 6.15. The molecule has 0 aliphatic heterocycles. The number of ether oxygens (including phenoxy) is 2. The Morgan fingerprint density at radius 3 is 2.63 bits per heavy atom. The monoisotopic (exact) mass is 451 g/mol. The number of nitrogen functional groups attached to an aromatic ring is 1. The SMILES string of the molecule is CCOC(=O)c1c(C)oc2nc(COC(=O)CCC(=O)c3ccc(Cl)s3)nc(N)c12. The van der Waals surface area contributed by atoms with Crippen molar-refractivity contribution in [3.63, 3.8) is 0 Å². The molecule has 0 unspecified atom stereocenters. The Labute approximate surface area is 180 Å². The molecule has 3 rings (SSSR count). The van der Waals surface area contributed by atoms with Crippen molar-refractivity contribution in [2.75, 3.05) is 12.3 Å². The van der Waals surface area contributed by atoms with Crippen LogP contribution in [-0.4, -0.2) is 34.3 Å². The Balaban J connectivity index is 1.64. The molecule has 0 aliphatic carbocycles. The number of hydrogen-bond donors (Lipinski definition) is 1. The van der Waals surface area contributed by atoms with Crippen LogP contribution in [0, 0.1) is 6.92 Å². The van der Waals surface area contributed by atoms with Gasteiger partial charge >= 0.3 is 11.9 Å². The van der Waals surface area contributed by atoms with E-state index in [2.05, 4.69) is 9.97 Å². The van der Waals surface area contributed by atoms with E-state index in [0.29, 0.717) is 15.0 Å². The minimum absolute atomic E-state index is 0.00200. The maximum Gasteiger partial charge on any atom is 0.342 e. The van der Waals surface area contributed by atoms with Crippen LogP contribution in [0.1, 0.15) is 51.4 Å². The van der Waals surface area contributed by atoms with Crippen LogP contribution in [0.2, 0.25) is 4.34 Å². The molecule has 9 nitrogen and oxygen atoms in total. The molecule has 0 aromatic carbocycles. The third-order valence-corrected chi connectivity index (χ3v) is 5.32. The van der Waals surface area contributed by atoms with Crippen LogP contribution in [0.25, 0.3) is 11.1 Å². The summed E-state index contributed by atoms with van der Waals surface area (Å²) in [6.45, 7) is 3.21. The first-order chi connectivity index (χ1) is 14.3. The number of thiophene rings is 1. The minimum atomic E-state index is -0.587. The number of fused-ring (bicyclic) bond motifs is 1. The molecular weight excluding hydrogens is 434 g/mol. The van der Waals surface area contributed by atoms with Crippen molar-refractivity contribution in [1.29, 1.82) is 0 Å². The Morgan fingerprint density at radius 1 is 1.20 bits per heavy atom. The summed E-state index contributed by atoms with van der Waals surface area (Å²) in [4.78, 5) is 44.8. The van der Waals surface area contributed by atoms with Crippen molar-refractivity contribution in [3.8, 4) is 0 Å². The maximum atomic E-state index is 12.1. The first kappa shape index (κ1) is 21.7. The van der Waals surface area contributed by atoms with Gasteiger partial charge in [-0.3, -0.25) is 9.59 Å². The molecule has 0 spiro atoms. The summed E-state index contributed by atoms with van der Waals surface area (Å²) in [5.74, 6) is -0.949. The van der Waals surface area contributed by atoms with Gasteiger partial charge in [0.05, 0.1) is 27.6 Å². The quantitative estimate of drug-likeness (QED) is 0.401. The molecule has 30 heavy (non-hydrogen) atoms. The van der Waals surface area contributed by atoms with E-state index in [1.165, 1.54) is 0 Å². The number of ketones is 1. The first-order valence-electron chi connectivity index (χ1n) is 8.97. The highest BCUT2D eigenvalue weighted by Crippen LogP contribution is 2.29. The number of hydrogen-bond acceptors (Lipinski definition) is 10. The van der Waals surface area contributed by atoms with Crippen molar-refractivity contribution in [1.82, 2.24) is 9.97 Å². The Morgan fingerprint density at radius 2 is 1.97 bits per heavy atom. The molecule has 0 aliphatic rings. The van der Waals surface area contributed by atoms with Crippen LogP contribution < -0.4 is 5.73 Å². The van der Waals surface area contributed by atoms with Gasteiger partial charge in [0.2, 0.25) is 5.71 Å². The molecule has 0 atom stereocenters. The number of nitrogens with zero attached hydrogens (tertiary/aromatic N) is 2. The summed E-state index contributed by atoms with van der Waals surface area (Å²) < 4.78 is 16.1. The highest BCUT2D eigenvalue weighted by atomic mass is 35.5. The molecule has 11 heteroatoms. The highest BCUT2D eigenvalue weighted by Gasteiger charge is 2.24. The van der Waals surface area contributed by atoms with E-state index in [9.17, 15) is 14.4 Å². The number of carbonyl (C=O) groups is 3. The second-order valence-corrected chi connectivity index (χ2v) is 7.86. The molecule has 3 aromatic rings. The predicted octanol–water partition coefficient (Wildman–Crippen LogP) is 3.71. The Kier molecular flexibility index (Phi) is 6.68. The molecule has 2 N–H and O–H groups in total. The van der Waals surface area contributed by atoms with Gasteiger partial charge in [-0.1, -0.05) is 11.6 Å². The molecule has 3 aromatic heterocycles. The molecule has 0 saturated heterocycles. The Hall–Kier alpha value is -2.98. The van der Waals surface area contributed by atoms with Crippen LogP contribution in [0.3, 0.4) is 0 Å². The van der Waals surface area contributed by atoms with Crippen molar-refractivity contribution >= 4 is 57.6 Å². The van der Waals surface area contributed by atoms with Gasteiger partial charge in [0, 0.05) is 6.42 Å². The molecular formula is C19H18ClN3O6S. The van der Waals surface area contributed by atoms with Gasteiger partial charge < -0.3 is 19.6 Å². The zero-order valence-electron chi connectivity index (χ0n) is 16.2. The molecule has 0 bridgehead atoms. The largest absolute Gasteiger partial charge is 0.462 e. The smallest absolute Gasteiger partial charge is 0.342 e. The number of esters is 2. The van der Waals surface area contributed by atoms with Crippen LogP contribution >= 0.6 is 22.9 Å². The average molecular weight is 452 g/mol. The number of furan rings is 1. The van der Waals surface area contributed by atoms with Gasteiger partial charge in [0.25, 0.3) is 0 Å². The van der Waals surface area contributed by atoms with Gasteiger partial charge in [-0.05, 0) is 26.0 Å². The van der Waals surface area contributed by atoms with Crippen molar-refractivity contribution in [2.45, 2.75) is 33.3 Å². The summed E-state index contributed by atoms with van der Waals surface area (Å²) in [7, 11) is 0. The van der Waals surface area contributed by atoms with Crippen LogP contribution in [-0.2, 0) is 20.9 Å². The number of aromatic nitrogens is 2. The van der Waals surface area contributed by atoms with E-state index in [-0.39, 0.29) is 60.1 Å². The fourth-order valence-corrected chi connectivity index (χ4v) is 3.73. The number of halogens is 1. The second kappa shape index (κ2) is 9.23. The van der Waals surface area contributed by atoms with Crippen molar-refractivity contribution in [2.24, 2.45) is 0 Å². The molecule has 158 valence electrons. The summed E-state index contributed by atoms with van der Waals surface area (Å²) >= 11 is 6.96. The maximum absolute atomic E-state index is 12.1. The minimum Gasteiger partial charge on any atom is -0.462 e. The van der Waals surface area contributed by atoms with Gasteiger partial charge in [0.1, 0.15) is 17.1 Å². The van der Waals surface area contributed by atoms with Crippen LogP contribution in [0.5, 0.6) is 0 Å². The lowest BCUT2D eigenvalue weighted by atomic mass is 10.2. The lowest BCUT2D eigenvalue weighted by molar-refractivity contribution is -0.145. The number of carbonyl (C=O) groups excluding carboxylic acids is 3. The molecule has 3 heterocycles. The summed E-state index contributed by atoms with van der Waals surface area (Å²) in [5, 5.41) is 0.251. The van der Waals surface area contributed by atoms with E-state index in [0.717, 1.165) is 11.3 Å². The fourth-order valence-electron chi connectivity index (χ4n) is 2.72. The number of anilines is 1. The zero-order chi connectivity index (χ0) is 21.8. The number of aryl methyl sites for hydroxylation is 1. The van der Waals surface area contributed by atoms with Crippen LogP contribution in [0.15, 0.2) is 16.5 Å². The first-order valence-corrected chi connectivity index (χ1v) is 10.2. The summed E-state index contributed by atoms with van der Waals surface area (Å²) in [5.41, 5.74) is 6.23. The highest BCUT2D eigenvalue weighted by molar-refractivity contribution is 7.18. The van der Waals surface area contributed by atoms with Crippen LogP contribution in [0.4, 0.5) is 5.82 Å². The summed E-state index contributed by atoms with van der Waals surface area (Å²) in [6.07, 6.45) is -0.100. The third kappa shape index (κ3) is 4.77. The van der Waals surface area contributed by atoms with Gasteiger partial charge in [0.15, 0.2) is 18.2 Å². The van der Waals surface area contributed by atoms with E-state index in [1.54, 1.807) is 26.0 Å². The van der Waals surface area contributed by atoms with E-state index < -0.39 is 11.9 Å². The summed E-state index contributed by atoms with van der Waals surface area (Å²) in [6, 6.07) is 3.24. The molecule has 0 fully saturated rings. The normalized spacial score (nSPS) is 10.9. The lowest BCUT2D eigenvalue weighted by Crippen LogP contribution is -2.10. The number of rotatable bonds is 8.